The second-order valence-corrected chi connectivity index (χ2v) is 1.14. The number of amides is 1. The average Bonchev–Trinajstić information content (AvgIpc) is 1.66. The SMILES string of the molecule is CO/N=C\CC(N)=O. The lowest BCUT2D eigenvalue weighted by Crippen LogP contribution is -2.10. The van der Waals surface area contributed by atoms with Crippen LogP contribution in [0.2, 0.25) is 0 Å². The van der Waals surface area contributed by atoms with Gasteiger partial charge in [-0.1, -0.05) is 5.16 Å². The molecule has 0 fully saturated rings. The standard InChI is InChI=1S/C4H8N2O2/c1-8-6-3-2-4(5)7/h3H,2H2,1H3,(H2,5,7)/b6-3-. The first kappa shape index (κ1) is 6.94. The lowest BCUT2D eigenvalue weighted by molar-refractivity contribution is -0.116. The van der Waals surface area contributed by atoms with Crippen molar-refractivity contribution in [2.45, 2.75) is 6.42 Å². The van der Waals surface area contributed by atoms with Gasteiger partial charge in [-0.3, -0.25) is 4.79 Å². The Morgan fingerprint density at radius 2 is 2.62 bits per heavy atom. The van der Waals surface area contributed by atoms with Crippen molar-refractivity contribution < 1.29 is 9.63 Å². The summed E-state index contributed by atoms with van der Waals surface area (Å²) >= 11 is 0. The fourth-order valence-corrected chi connectivity index (χ4v) is 0.202. The Kier molecular flexibility index (Phi) is 3.56. The maximum absolute atomic E-state index is 9.95. The van der Waals surface area contributed by atoms with E-state index in [0.717, 1.165) is 0 Å². The van der Waals surface area contributed by atoms with Crippen molar-refractivity contribution in [1.29, 1.82) is 0 Å². The van der Waals surface area contributed by atoms with Crippen molar-refractivity contribution in [3.05, 3.63) is 0 Å². The molecule has 0 spiro atoms. The zero-order chi connectivity index (χ0) is 6.41. The molecule has 0 saturated carbocycles. The zero-order valence-electron chi connectivity index (χ0n) is 4.63. The fraction of sp³-hybridized carbons (Fsp3) is 0.500. The van der Waals surface area contributed by atoms with Gasteiger partial charge in [-0.15, -0.1) is 0 Å². The molecule has 0 heterocycles. The summed E-state index contributed by atoms with van der Waals surface area (Å²) in [4.78, 5) is 14.2. The molecular formula is C4H8N2O2. The second-order valence-electron chi connectivity index (χ2n) is 1.14. The smallest absolute Gasteiger partial charge is 0.222 e. The van der Waals surface area contributed by atoms with Crippen LogP contribution in [0.4, 0.5) is 0 Å². The highest BCUT2D eigenvalue weighted by atomic mass is 16.6. The minimum Gasteiger partial charge on any atom is -0.399 e. The molecule has 0 aliphatic carbocycles. The fourth-order valence-electron chi connectivity index (χ4n) is 0.202. The third-order valence-corrected chi connectivity index (χ3v) is 0.472. The van der Waals surface area contributed by atoms with Crippen molar-refractivity contribution in [2.75, 3.05) is 7.11 Å². The van der Waals surface area contributed by atoms with Gasteiger partial charge in [0, 0.05) is 0 Å². The average molecular weight is 116 g/mol. The molecule has 2 N–H and O–H groups in total. The van der Waals surface area contributed by atoms with Crippen LogP contribution in [0.5, 0.6) is 0 Å². The van der Waals surface area contributed by atoms with Gasteiger partial charge < -0.3 is 10.6 Å². The number of carbonyl (C=O) groups is 1. The van der Waals surface area contributed by atoms with Crippen LogP contribution in [0.15, 0.2) is 5.16 Å². The van der Waals surface area contributed by atoms with E-state index in [2.05, 4.69) is 9.99 Å². The molecule has 0 rings (SSSR count). The van der Waals surface area contributed by atoms with Crippen molar-refractivity contribution >= 4 is 12.1 Å². The highest BCUT2D eigenvalue weighted by molar-refractivity contribution is 5.88. The van der Waals surface area contributed by atoms with E-state index in [1.165, 1.54) is 13.3 Å². The molecule has 4 heteroatoms. The Morgan fingerprint density at radius 3 is 3.00 bits per heavy atom. The third kappa shape index (κ3) is 4.94. The Balaban J connectivity index is 3.16. The Bertz CT molecular complexity index is 100. The lowest BCUT2D eigenvalue weighted by atomic mass is 10.5. The predicted octanol–water partition coefficient (Wildman–Crippen LogP) is -0.506. The number of rotatable bonds is 3. The van der Waals surface area contributed by atoms with Gasteiger partial charge in [0.1, 0.15) is 7.11 Å². The first-order chi connectivity index (χ1) is 3.77. The Hall–Kier alpha value is -1.06. The normalized spacial score (nSPS) is 9.62. The van der Waals surface area contributed by atoms with Gasteiger partial charge in [0.05, 0.1) is 12.6 Å². The molecule has 0 aromatic heterocycles. The monoisotopic (exact) mass is 116 g/mol. The van der Waals surface area contributed by atoms with Crippen LogP contribution >= 0.6 is 0 Å². The van der Waals surface area contributed by atoms with Crippen LogP contribution in [-0.2, 0) is 9.63 Å². The van der Waals surface area contributed by atoms with Gasteiger partial charge in [0.15, 0.2) is 0 Å². The van der Waals surface area contributed by atoms with Crippen LogP contribution in [0.25, 0.3) is 0 Å². The van der Waals surface area contributed by atoms with Crippen LogP contribution < -0.4 is 5.73 Å². The molecule has 0 aromatic carbocycles. The van der Waals surface area contributed by atoms with Gasteiger partial charge in [0.2, 0.25) is 5.91 Å². The van der Waals surface area contributed by atoms with Crippen LogP contribution in [-0.4, -0.2) is 19.2 Å². The highest BCUT2D eigenvalue weighted by Crippen LogP contribution is 1.70. The maximum atomic E-state index is 9.95. The van der Waals surface area contributed by atoms with E-state index >= 15 is 0 Å². The minimum atomic E-state index is -0.411. The van der Waals surface area contributed by atoms with Gasteiger partial charge >= 0.3 is 0 Å². The molecule has 0 unspecified atom stereocenters. The van der Waals surface area contributed by atoms with Crippen molar-refractivity contribution in [1.82, 2.24) is 0 Å². The largest absolute Gasteiger partial charge is 0.399 e. The third-order valence-electron chi connectivity index (χ3n) is 0.472. The first-order valence-corrected chi connectivity index (χ1v) is 2.10. The molecule has 0 atom stereocenters. The van der Waals surface area contributed by atoms with Crippen molar-refractivity contribution in [2.24, 2.45) is 10.9 Å². The van der Waals surface area contributed by atoms with E-state index in [0.29, 0.717) is 0 Å². The number of hydrogen-bond donors (Lipinski definition) is 1. The number of oxime groups is 1. The van der Waals surface area contributed by atoms with Gasteiger partial charge in [-0.2, -0.15) is 0 Å². The van der Waals surface area contributed by atoms with Crippen molar-refractivity contribution in [3.8, 4) is 0 Å². The molecule has 0 aliphatic heterocycles. The second kappa shape index (κ2) is 4.11. The van der Waals surface area contributed by atoms with Crippen LogP contribution in [0, 0.1) is 0 Å². The quantitative estimate of drug-likeness (QED) is 0.399. The summed E-state index contributed by atoms with van der Waals surface area (Å²) in [5, 5.41) is 3.29. The first-order valence-electron chi connectivity index (χ1n) is 2.10. The molecule has 0 bridgehead atoms. The summed E-state index contributed by atoms with van der Waals surface area (Å²) in [6.45, 7) is 0. The number of primary amides is 1. The number of nitrogens with zero attached hydrogens (tertiary/aromatic N) is 1. The van der Waals surface area contributed by atoms with E-state index < -0.39 is 5.91 Å². The Morgan fingerprint density at radius 1 is 2.00 bits per heavy atom. The van der Waals surface area contributed by atoms with Crippen LogP contribution in [0.1, 0.15) is 6.42 Å². The summed E-state index contributed by atoms with van der Waals surface area (Å²) in [6.07, 6.45) is 1.44. The molecule has 0 radical (unpaired) electrons. The summed E-state index contributed by atoms with van der Waals surface area (Å²) in [6, 6.07) is 0. The molecule has 8 heavy (non-hydrogen) atoms. The van der Waals surface area contributed by atoms with E-state index in [-0.39, 0.29) is 6.42 Å². The molecule has 0 aromatic rings. The maximum Gasteiger partial charge on any atom is 0.222 e. The predicted molar refractivity (Wildman–Crippen MR) is 29.3 cm³/mol. The van der Waals surface area contributed by atoms with Gasteiger partial charge in [-0.05, 0) is 0 Å². The topological polar surface area (TPSA) is 64.7 Å². The molecule has 46 valence electrons. The molecule has 0 aliphatic rings. The van der Waals surface area contributed by atoms with E-state index in [4.69, 9.17) is 5.73 Å². The highest BCUT2D eigenvalue weighted by Gasteiger charge is 1.85. The summed E-state index contributed by atoms with van der Waals surface area (Å²) in [5.74, 6) is -0.411. The van der Waals surface area contributed by atoms with E-state index in [1.807, 2.05) is 0 Å². The van der Waals surface area contributed by atoms with E-state index in [1.54, 1.807) is 0 Å². The van der Waals surface area contributed by atoms with Crippen LogP contribution in [0.3, 0.4) is 0 Å². The number of carbonyl (C=O) groups excluding carboxylic acids is 1. The minimum absolute atomic E-state index is 0.133. The molecule has 0 saturated heterocycles. The molecule has 1 amide bonds. The molecular weight excluding hydrogens is 108 g/mol. The Labute approximate surface area is 47.3 Å². The number of hydrogen-bond acceptors (Lipinski definition) is 3. The van der Waals surface area contributed by atoms with Gasteiger partial charge in [-0.25, -0.2) is 0 Å². The number of nitrogens with two attached hydrogens (primary N) is 1. The summed E-state index contributed by atoms with van der Waals surface area (Å²) in [7, 11) is 1.40. The van der Waals surface area contributed by atoms with Gasteiger partial charge in [0.25, 0.3) is 0 Å². The summed E-state index contributed by atoms with van der Waals surface area (Å²) in [5.41, 5.74) is 4.75. The summed E-state index contributed by atoms with van der Waals surface area (Å²) < 4.78 is 0. The molecule has 4 nitrogen and oxygen atoms in total. The lowest BCUT2D eigenvalue weighted by Gasteiger charge is -1.82. The van der Waals surface area contributed by atoms with Crippen molar-refractivity contribution in [3.63, 3.8) is 0 Å². The zero-order valence-corrected chi connectivity index (χ0v) is 4.63. The van der Waals surface area contributed by atoms with E-state index in [9.17, 15) is 4.79 Å².